The number of nitro groups is 1. The van der Waals surface area contributed by atoms with Gasteiger partial charge in [-0.3, -0.25) is 14.9 Å². The highest BCUT2D eigenvalue weighted by molar-refractivity contribution is 6.13. The van der Waals surface area contributed by atoms with E-state index in [0.717, 1.165) is 5.39 Å². The molecule has 0 aliphatic heterocycles. The predicted octanol–water partition coefficient (Wildman–Crippen LogP) is 4.65. The molecule has 0 atom stereocenters. The van der Waals surface area contributed by atoms with E-state index in [4.69, 9.17) is 18.9 Å². The van der Waals surface area contributed by atoms with Crippen molar-refractivity contribution in [2.24, 2.45) is 0 Å². The van der Waals surface area contributed by atoms with Crippen LogP contribution in [0.2, 0.25) is 0 Å². The van der Waals surface area contributed by atoms with Crippen LogP contribution in [0.15, 0.2) is 36.4 Å². The van der Waals surface area contributed by atoms with Gasteiger partial charge in [-0.15, -0.1) is 0 Å². The molecule has 0 heterocycles. The molecule has 0 aliphatic carbocycles. The summed E-state index contributed by atoms with van der Waals surface area (Å²) in [5, 5.41) is 13.1. The second-order valence-corrected chi connectivity index (χ2v) is 6.45. The van der Waals surface area contributed by atoms with Crippen LogP contribution < -0.4 is 18.9 Å². The summed E-state index contributed by atoms with van der Waals surface area (Å²) in [5.41, 5.74) is 0.799. The first-order chi connectivity index (χ1) is 14.4. The Kier molecular flexibility index (Phi) is 5.77. The summed E-state index contributed by atoms with van der Waals surface area (Å²) in [5.74, 6) is 1.27. The topological polar surface area (TPSA) is 97.1 Å². The number of nitrogens with zero attached hydrogens (tertiary/aromatic N) is 1. The Morgan fingerprint density at radius 3 is 1.87 bits per heavy atom. The van der Waals surface area contributed by atoms with Gasteiger partial charge in [-0.1, -0.05) is 12.1 Å². The molecule has 0 aliphatic rings. The quantitative estimate of drug-likeness (QED) is 0.317. The smallest absolute Gasteiger partial charge is 0.281 e. The minimum Gasteiger partial charge on any atom is -0.493 e. The SMILES string of the molecule is COc1cc(-c2ccc3cc(OC)c(OC)cc3c2C(C)=O)c([N+](=O)[O-])cc1OC. The van der Waals surface area contributed by atoms with Gasteiger partial charge in [0.15, 0.2) is 28.8 Å². The Morgan fingerprint density at radius 2 is 1.33 bits per heavy atom. The summed E-state index contributed by atoms with van der Waals surface area (Å²) in [6.07, 6.45) is 0. The number of Topliss-reactive ketones (excluding diaryl/α,β-unsaturated/α-hetero) is 1. The molecule has 0 spiro atoms. The van der Waals surface area contributed by atoms with Crippen molar-refractivity contribution in [3.8, 4) is 34.1 Å². The third-order valence-electron chi connectivity index (χ3n) is 4.86. The maximum Gasteiger partial charge on any atom is 0.281 e. The van der Waals surface area contributed by atoms with E-state index in [1.165, 1.54) is 47.5 Å². The first-order valence-corrected chi connectivity index (χ1v) is 8.96. The zero-order valence-electron chi connectivity index (χ0n) is 17.3. The van der Waals surface area contributed by atoms with Crippen molar-refractivity contribution in [3.05, 3.63) is 52.1 Å². The number of methoxy groups -OCH3 is 4. The molecule has 3 aromatic carbocycles. The fourth-order valence-electron chi connectivity index (χ4n) is 3.49. The summed E-state index contributed by atoms with van der Waals surface area (Å²) in [6, 6.07) is 9.70. The normalized spacial score (nSPS) is 10.6. The predicted molar refractivity (Wildman–Crippen MR) is 112 cm³/mol. The number of rotatable bonds is 7. The molecular formula is C22H21NO7. The molecule has 0 radical (unpaired) electrons. The van der Waals surface area contributed by atoms with Crippen LogP contribution in [0, 0.1) is 10.1 Å². The first-order valence-electron chi connectivity index (χ1n) is 8.96. The van der Waals surface area contributed by atoms with E-state index >= 15 is 0 Å². The average Bonchev–Trinajstić information content (AvgIpc) is 2.75. The minimum atomic E-state index is -0.514. The maximum absolute atomic E-state index is 12.7. The summed E-state index contributed by atoms with van der Waals surface area (Å²) in [7, 11) is 5.87. The lowest BCUT2D eigenvalue weighted by molar-refractivity contribution is -0.384. The van der Waals surface area contributed by atoms with Gasteiger partial charge in [0.05, 0.1) is 45.0 Å². The van der Waals surface area contributed by atoms with Gasteiger partial charge in [-0.2, -0.15) is 0 Å². The number of ether oxygens (including phenoxy) is 4. The van der Waals surface area contributed by atoms with Crippen LogP contribution in [0.3, 0.4) is 0 Å². The van der Waals surface area contributed by atoms with Gasteiger partial charge >= 0.3 is 0 Å². The standard InChI is InChI=1S/C22H21NO7/c1-12(24)22-14(7-6-13-8-18(27-2)19(28-3)9-15(13)22)16-10-20(29-4)21(30-5)11-17(16)23(25)26/h6-11H,1-5H3. The van der Waals surface area contributed by atoms with Gasteiger partial charge in [-0.05, 0) is 35.9 Å². The molecule has 0 N–H and O–H groups in total. The fraction of sp³-hybridized carbons (Fsp3) is 0.227. The lowest BCUT2D eigenvalue weighted by atomic mass is 9.90. The second-order valence-electron chi connectivity index (χ2n) is 6.45. The molecule has 156 valence electrons. The third kappa shape index (κ3) is 3.47. The number of fused-ring (bicyclic) bond motifs is 1. The van der Waals surface area contributed by atoms with Gasteiger partial charge in [0.25, 0.3) is 5.69 Å². The van der Waals surface area contributed by atoms with Crippen molar-refractivity contribution in [2.75, 3.05) is 28.4 Å². The van der Waals surface area contributed by atoms with Crippen molar-refractivity contribution < 1.29 is 28.7 Å². The van der Waals surface area contributed by atoms with Gasteiger partial charge in [-0.25, -0.2) is 0 Å². The van der Waals surface area contributed by atoms with E-state index < -0.39 is 4.92 Å². The van der Waals surface area contributed by atoms with Gasteiger partial charge in [0.1, 0.15) is 0 Å². The highest BCUT2D eigenvalue weighted by atomic mass is 16.6. The van der Waals surface area contributed by atoms with E-state index in [0.29, 0.717) is 33.8 Å². The Labute approximate surface area is 173 Å². The van der Waals surface area contributed by atoms with E-state index in [1.54, 1.807) is 24.3 Å². The molecule has 3 rings (SSSR count). The summed E-state index contributed by atoms with van der Waals surface area (Å²) >= 11 is 0. The summed E-state index contributed by atoms with van der Waals surface area (Å²) < 4.78 is 21.2. The molecule has 30 heavy (non-hydrogen) atoms. The Morgan fingerprint density at radius 1 is 0.800 bits per heavy atom. The van der Waals surface area contributed by atoms with Crippen LogP contribution in [-0.4, -0.2) is 39.1 Å². The molecule has 3 aromatic rings. The Bertz CT molecular complexity index is 1150. The maximum atomic E-state index is 12.7. The van der Waals surface area contributed by atoms with E-state index in [2.05, 4.69) is 0 Å². The number of carbonyl (C=O) groups excluding carboxylic acids is 1. The first kappa shape index (κ1) is 20.9. The number of nitro benzene ring substituents is 1. The monoisotopic (exact) mass is 411 g/mol. The van der Waals surface area contributed by atoms with Crippen molar-refractivity contribution in [3.63, 3.8) is 0 Å². The third-order valence-corrected chi connectivity index (χ3v) is 4.86. The lowest BCUT2D eigenvalue weighted by Gasteiger charge is -2.16. The number of hydrogen-bond donors (Lipinski definition) is 0. The number of ketones is 1. The molecule has 8 nitrogen and oxygen atoms in total. The van der Waals surface area contributed by atoms with E-state index in [1.807, 2.05) is 0 Å². The number of hydrogen-bond acceptors (Lipinski definition) is 7. The molecular weight excluding hydrogens is 390 g/mol. The van der Waals surface area contributed by atoms with E-state index in [-0.39, 0.29) is 22.8 Å². The lowest BCUT2D eigenvalue weighted by Crippen LogP contribution is -2.02. The molecule has 0 amide bonds. The Balaban J connectivity index is 2.43. The summed E-state index contributed by atoms with van der Waals surface area (Å²) in [4.78, 5) is 23.9. The molecule has 0 bridgehead atoms. The highest BCUT2D eigenvalue weighted by Gasteiger charge is 2.25. The molecule has 0 fully saturated rings. The van der Waals surface area contributed by atoms with Crippen molar-refractivity contribution in [1.82, 2.24) is 0 Å². The van der Waals surface area contributed by atoms with Crippen LogP contribution >= 0.6 is 0 Å². The van der Waals surface area contributed by atoms with Crippen molar-refractivity contribution in [2.45, 2.75) is 6.92 Å². The van der Waals surface area contributed by atoms with Crippen LogP contribution in [0.1, 0.15) is 17.3 Å². The highest BCUT2D eigenvalue weighted by Crippen LogP contribution is 2.43. The van der Waals surface area contributed by atoms with Gasteiger partial charge < -0.3 is 18.9 Å². The molecule has 0 unspecified atom stereocenters. The average molecular weight is 411 g/mol. The zero-order valence-corrected chi connectivity index (χ0v) is 17.3. The van der Waals surface area contributed by atoms with Crippen molar-refractivity contribution >= 4 is 22.2 Å². The number of benzene rings is 3. The van der Waals surface area contributed by atoms with Crippen LogP contribution in [-0.2, 0) is 0 Å². The van der Waals surface area contributed by atoms with Gasteiger partial charge in [0, 0.05) is 11.1 Å². The van der Waals surface area contributed by atoms with Crippen LogP contribution in [0.25, 0.3) is 21.9 Å². The fourth-order valence-corrected chi connectivity index (χ4v) is 3.49. The minimum absolute atomic E-state index is 0.199. The van der Waals surface area contributed by atoms with Gasteiger partial charge in [0.2, 0.25) is 0 Å². The van der Waals surface area contributed by atoms with Crippen molar-refractivity contribution in [1.29, 1.82) is 0 Å². The van der Waals surface area contributed by atoms with Crippen LogP contribution in [0.4, 0.5) is 5.69 Å². The molecule has 0 saturated heterocycles. The molecule has 8 heteroatoms. The zero-order chi connectivity index (χ0) is 22.0. The van der Waals surface area contributed by atoms with E-state index in [9.17, 15) is 14.9 Å². The Hall–Kier alpha value is -3.81. The number of carbonyl (C=O) groups is 1. The molecule has 0 aromatic heterocycles. The summed E-state index contributed by atoms with van der Waals surface area (Å²) in [6.45, 7) is 1.42. The second kappa shape index (κ2) is 8.28. The van der Waals surface area contributed by atoms with Crippen LogP contribution in [0.5, 0.6) is 23.0 Å². The molecule has 0 saturated carbocycles. The largest absolute Gasteiger partial charge is 0.493 e.